The van der Waals surface area contributed by atoms with Crippen LogP contribution in [0.4, 0.5) is 0 Å². The summed E-state index contributed by atoms with van der Waals surface area (Å²) in [7, 11) is -4.58. The fraction of sp³-hybridized carbons (Fsp3) is 0.364. The Labute approximate surface area is 182 Å². The Kier molecular flexibility index (Phi) is 9.88. The predicted molar refractivity (Wildman–Crippen MR) is 117 cm³/mol. The molecule has 3 atom stereocenters. The summed E-state index contributed by atoms with van der Waals surface area (Å²) in [4.78, 5) is 34.8. The Morgan fingerprint density at radius 2 is 1.65 bits per heavy atom. The second kappa shape index (κ2) is 12.4. The molecule has 2 aromatic carbocycles. The van der Waals surface area contributed by atoms with Crippen LogP contribution in [0.25, 0.3) is 0 Å². The van der Waals surface area contributed by atoms with E-state index in [4.69, 9.17) is 10.3 Å². The highest BCUT2D eigenvalue weighted by Crippen LogP contribution is 2.56. The molecule has 31 heavy (non-hydrogen) atoms. The van der Waals surface area contributed by atoms with Crippen LogP contribution in [0.3, 0.4) is 0 Å². The lowest BCUT2D eigenvalue weighted by atomic mass is 10.1. The first-order valence-electron chi connectivity index (χ1n) is 10.2. The first kappa shape index (κ1) is 24.8. The largest absolute Gasteiger partial charge is 0.479 e. The van der Waals surface area contributed by atoms with Crippen LogP contribution in [-0.4, -0.2) is 34.5 Å². The topological polar surface area (TPSA) is 139 Å². The molecule has 0 aliphatic heterocycles. The van der Waals surface area contributed by atoms with Gasteiger partial charge in [0.25, 0.3) is 0 Å². The van der Waals surface area contributed by atoms with Gasteiger partial charge in [-0.1, -0.05) is 60.7 Å². The molecule has 2 unspecified atom stereocenters. The number of unbranched alkanes of at least 4 members (excludes halogenated alkanes) is 1. The van der Waals surface area contributed by atoms with Crippen molar-refractivity contribution in [3.63, 3.8) is 0 Å². The molecule has 0 saturated carbocycles. The number of carboxylic acid groups (broad SMARTS) is 1. The van der Waals surface area contributed by atoms with E-state index in [0.717, 1.165) is 5.56 Å². The molecule has 0 saturated heterocycles. The number of aryl methyl sites for hydroxylation is 1. The first-order valence-corrected chi connectivity index (χ1v) is 11.8. The standard InChI is InChI=1S/C22H29N2O6P/c23-16-8-7-13-19(22(26)27)30-31(28,29)21(18-11-5-2-6-12-18)24-20(25)15-14-17-9-3-1-4-10-17/h1-6,9-12,19,21H,7-8,13-16,23H2,(H,24,25)(H,26,27)(H,28,29)/t19-,21?/m0/s1. The van der Waals surface area contributed by atoms with E-state index in [0.29, 0.717) is 31.4 Å². The van der Waals surface area contributed by atoms with E-state index in [9.17, 15) is 24.2 Å². The molecule has 0 bridgehead atoms. The quantitative estimate of drug-likeness (QED) is 0.273. The molecule has 0 aromatic heterocycles. The first-order chi connectivity index (χ1) is 14.8. The van der Waals surface area contributed by atoms with E-state index in [1.165, 1.54) is 0 Å². The summed E-state index contributed by atoms with van der Waals surface area (Å²) in [5, 5.41) is 12.0. The molecule has 0 radical (unpaired) electrons. The molecule has 9 heteroatoms. The molecule has 168 valence electrons. The minimum Gasteiger partial charge on any atom is -0.479 e. The zero-order valence-electron chi connectivity index (χ0n) is 17.2. The smallest absolute Gasteiger partial charge is 0.355 e. The molecule has 1 amide bonds. The average molecular weight is 448 g/mol. The molecular weight excluding hydrogens is 419 g/mol. The summed E-state index contributed by atoms with van der Waals surface area (Å²) >= 11 is 0. The van der Waals surface area contributed by atoms with Crippen molar-refractivity contribution in [1.29, 1.82) is 0 Å². The van der Waals surface area contributed by atoms with Gasteiger partial charge in [0.15, 0.2) is 11.9 Å². The Morgan fingerprint density at radius 3 is 2.23 bits per heavy atom. The fourth-order valence-electron chi connectivity index (χ4n) is 3.05. The van der Waals surface area contributed by atoms with E-state index in [2.05, 4.69) is 5.32 Å². The van der Waals surface area contributed by atoms with E-state index in [1.54, 1.807) is 30.3 Å². The maximum atomic E-state index is 13.1. The monoisotopic (exact) mass is 448 g/mol. The van der Waals surface area contributed by atoms with Crippen LogP contribution in [-0.2, 0) is 25.1 Å². The lowest BCUT2D eigenvalue weighted by Gasteiger charge is -2.26. The second-order valence-electron chi connectivity index (χ2n) is 7.15. The molecule has 0 fully saturated rings. The Balaban J connectivity index is 2.14. The van der Waals surface area contributed by atoms with Crippen molar-refractivity contribution in [2.45, 2.75) is 44.0 Å². The van der Waals surface area contributed by atoms with Gasteiger partial charge in [-0.15, -0.1) is 0 Å². The summed E-state index contributed by atoms with van der Waals surface area (Å²) in [6.07, 6.45) is 0.137. The van der Waals surface area contributed by atoms with Crippen LogP contribution >= 0.6 is 7.60 Å². The highest BCUT2D eigenvalue weighted by atomic mass is 31.2. The highest BCUT2D eigenvalue weighted by molar-refractivity contribution is 7.53. The van der Waals surface area contributed by atoms with Crippen LogP contribution in [0.5, 0.6) is 0 Å². The molecule has 2 rings (SSSR count). The average Bonchev–Trinajstić information content (AvgIpc) is 2.76. The number of carboxylic acids is 1. The van der Waals surface area contributed by atoms with Gasteiger partial charge in [0, 0.05) is 6.42 Å². The van der Waals surface area contributed by atoms with Crippen LogP contribution < -0.4 is 11.1 Å². The SMILES string of the molecule is NCCCC[C@H](OP(=O)(O)C(NC(=O)CCc1ccccc1)c1ccccc1)C(=O)O. The third-order valence-corrected chi connectivity index (χ3v) is 6.33. The Bertz CT molecular complexity index is 878. The molecule has 2 aromatic rings. The molecule has 0 spiro atoms. The van der Waals surface area contributed by atoms with Gasteiger partial charge >= 0.3 is 13.6 Å². The van der Waals surface area contributed by atoms with Crippen molar-refractivity contribution < 1.29 is 28.7 Å². The number of hydrogen-bond acceptors (Lipinski definition) is 5. The van der Waals surface area contributed by atoms with Crippen molar-refractivity contribution in [3.8, 4) is 0 Å². The van der Waals surface area contributed by atoms with Gasteiger partial charge in [-0.25, -0.2) is 4.79 Å². The van der Waals surface area contributed by atoms with Crippen molar-refractivity contribution in [2.24, 2.45) is 5.73 Å². The third-order valence-electron chi connectivity index (χ3n) is 4.70. The summed E-state index contributed by atoms with van der Waals surface area (Å²) < 4.78 is 18.3. The van der Waals surface area contributed by atoms with Crippen molar-refractivity contribution in [1.82, 2.24) is 5.32 Å². The lowest BCUT2D eigenvalue weighted by molar-refractivity contribution is -0.145. The fourth-order valence-corrected chi connectivity index (χ4v) is 4.59. The van der Waals surface area contributed by atoms with Crippen LogP contribution in [0, 0.1) is 0 Å². The zero-order chi connectivity index (χ0) is 22.7. The maximum Gasteiger partial charge on any atom is 0.355 e. The zero-order valence-corrected chi connectivity index (χ0v) is 18.1. The number of benzene rings is 2. The predicted octanol–water partition coefficient (Wildman–Crippen LogP) is 3.22. The van der Waals surface area contributed by atoms with Crippen LogP contribution in [0.15, 0.2) is 60.7 Å². The number of carbonyl (C=O) groups excluding carboxylic acids is 1. The molecule has 0 aliphatic carbocycles. The number of amides is 1. The van der Waals surface area contributed by atoms with Crippen molar-refractivity contribution in [3.05, 3.63) is 71.8 Å². The molecular formula is C22H29N2O6P. The van der Waals surface area contributed by atoms with E-state index < -0.39 is 31.4 Å². The van der Waals surface area contributed by atoms with E-state index in [1.807, 2.05) is 30.3 Å². The summed E-state index contributed by atoms with van der Waals surface area (Å²) in [5.41, 5.74) is 6.74. The minimum absolute atomic E-state index is 0.0422. The van der Waals surface area contributed by atoms with Crippen LogP contribution in [0.2, 0.25) is 0 Å². The Hall–Kier alpha value is -2.51. The number of nitrogens with one attached hydrogen (secondary N) is 1. The van der Waals surface area contributed by atoms with Gasteiger partial charge in [0.05, 0.1) is 0 Å². The minimum atomic E-state index is -4.58. The summed E-state index contributed by atoms with van der Waals surface area (Å²) in [5.74, 6) is -3.16. The lowest BCUT2D eigenvalue weighted by Crippen LogP contribution is -2.31. The number of hydrogen-bond donors (Lipinski definition) is 4. The van der Waals surface area contributed by atoms with Gasteiger partial charge < -0.3 is 21.1 Å². The van der Waals surface area contributed by atoms with Gasteiger partial charge in [0.2, 0.25) is 5.91 Å². The number of carbonyl (C=O) groups is 2. The molecule has 5 N–H and O–H groups in total. The van der Waals surface area contributed by atoms with Gasteiger partial charge in [0.1, 0.15) is 0 Å². The summed E-state index contributed by atoms with van der Waals surface area (Å²) in [6, 6.07) is 17.6. The number of rotatable bonds is 13. The second-order valence-corrected chi connectivity index (χ2v) is 9.00. The molecule has 8 nitrogen and oxygen atoms in total. The Morgan fingerprint density at radius 1 is 1.03 bits per heavy atom. The number of nitrogens with two attached hydrogens (primary N) is 1. The van der Waals surface area contributed by atoms with Gasteiger partial charge in [-0.3, -0.25) is 13.9 Å². The molecule has 0 aliphatic rings. The molecule has 0 heterocycles. The van der Waals surface area contributed by atoms with Crippen LogP contribution in [0.1, 0.15) is 42.6 Å². The van der Waals surface area contributed by atoms with Crippen molar-refractivity contribution >= 4 is 19.5 Å². The summed E-state index contributed by atoms with van der Waals surface area (Å²) in [6.45, 7) is 0.382. The van der Waals surface area contributed by atoms with Crippen molar-refractivity contribution in [2.75, 3.05) is 6.54 Å². The normalized spacial score (nSPS) is 14.9. The van der Waals surface area contributed by atoms with E-state index >= 15 is 0 Å². The van der Waals surface area contributed by atoms with Gasteiger partial charge in [-0.2, -0.15) is 0 Å². The number of aliphatic carboxylic acids is 1. The van der Waals surface area contributed by atoms with E-state index in [-0.39, 0.29) is 12.8 Å². The highest BCUT2D eigenvalue weighted by Gasteiger charge is 2.39. The maximum absolute atomic E-state index is 13.1. The third kappa shape index (κ3) is 8.26. The van der Waals surface area contributed by atoms with Gasteiger partial charge in [-0.05, 0) is 43.4 Å².